The van der Waals surface area contributed by atoms with Gasteiger partial charge in [0.25, 0.3) is 0 Å². The summed E-state index contributed by atoms with van der Waals surface area (Å²) >= 11 is 0. The molecule has 88 valence electrons. The molecule has 17 heavy (non-hydrogen) atoms. The van der Waals surface area contributed by atoms with Crippen LogP contribution < -0.4 is 0 Å². The van der Waals surface area contributed by atoms with Gasteiger partial charge in [0.1, 0.15) is 11.5 Å². The van der Waals surface area contributed by atoms with Gasteiger partial charge in [-0.15, -0.1) is 0 Å². The molecule has 0 spiro atoms. The van der Waals surface area contributed by atoms with Crippen LogP contribution in [0.15, 0.2) is 30.3 Å². The largest absolute Gasteiger partial charge is 0.507 e. The summed E-state index contributed by atoms with van der Waals surface area (Å²) in [7, 11) is 0. The molecule has 2 N–H and O–H groups in total. The van der Waals surface area contributed by atoms with E-state index in [0.29, 0.717) is 11.1 Å². The zero-order chi connectivity index (χ0) is 12.6. The fourth-order valence-corrected chi connectivity index (χ4v) is 2.09. The second-order valence-electron chi connectivity index (χ2n) is 4.38. The molecule has 2 rings (SSSR count). The van der Waals surface area contributed by atoms with Crippen molar-refractivity contribution in [2.24, 2.45) is 0 Å². The van der Waals surface area contributed by atoms with Gasteiger partial charge in [0.05, 0.1) is 0 Å². The van der Waals surface area contributed by atoms with Crippen molar-refractivity contribution < 1.29 is 10.2 Å². The van der Waals surface area contributed by atoms with Crippen LogP contribution in [0.5, 0.6) is 11.5 Å². The number of aryl methyl sites for hydroxylation is 2. The van der Waals surface area contributed by atoms with Crippen LogP contribution >= 0.6 is 0 Å². The van der Waals surface area contributed by atoms with Crippen molar-refractivity contribution in [2.45, 2.75) is 20.8 Å². The highest BCUT2D eigenvalue weighted by Crippen LogP contribution is 2.40. The number of benzene rings is 2. The number of phenols is 2. The Morgan fingerprint density at radius 2 is 1.53 bits per heavy atom. The van der Waals surface area contributed by atoms with Crippen molar-refractivity contribution in [3.8, 4) is 22.6 Å². The van der Waals surface area contributed by atoms with E-state index in [1.165, 1.54) is 0 Å². The Bertz CT molecular complexity index is 571. The third-order valence-corrected chi connectivity index (χ3v) is 3.18. The number of aromatic hydroxyl groups is 2. The molecule has 0 amide bonds. The van der Waals surface area contributed by atoms with E-state index in [-0.39, 0.29) is 11.5 Å². The second kappa shape index (κ2) is 4.13. The molecular formula is C15H16O2. The van der Waals surface area contributed by atoms with Gasteiger partial charge in [-0.2, -0.15) is 0 Å². The summed E-state index contributed by atoms with van der Waals surface area (Å²) in [4.78, 5) is 0. The van der Waals surface area contributed by atoms with Crippen LogP contribution in [0, 0.1) is 20.8 Å². The van der Waals surface area contributed by atoms with Crippen LogP contribution in [0.3, 0.4) is 0 Å². The quantitative estimate of drug-likeness (QED) is 0.781. The van der Waals surface area contributed by atoms with E-state index in [1.807, 2.05) is 39.0 Å². The van der Waals surface area contributed by atoms with Crippen LogP contribution in [0.25, 0.3) is 11.1 Å². The van der Waals surface area contributed by atoms with Gasteiger partial charge in [0.2, 0.25) is 0 Å². The minimum absolute atomic E-state index is 0.189. The van der Waals surface area contributed by atoms with Crippen LogP contribution in [-0.2, 0) is 0 Å². The maximum atomic E-state index is 10.2. The summed E-state index contributed by atoms with van der Waals surface area (Å²) in [6.07, 6.45) is 0. The standard InChI is InChI=1S/C15H16O2/c1-9-8-10(2)14(15(17)11(9)3)12-6-4-5-7-13(12)16/h4-8,16-17H,1-3H3. The molecule has 0 heterocycles. The van der Waals surface area contributed by atoms with Gasteiger partial charge in [-0.1, -0.05) is 24.3 Å². The topological polar surface area (TPSA) is 40.5 Å². The highest BCUT2D eigenvalue weighted by Gasteiger charge is 2.14. The van der Waals surface area contributed by atoms with E-state index in [1.54, 1.807) is 12.1 Å². The Labute approximate surface area is 101 Å². The van der Waals surface area contributed by atoms with E-state index in [0.717, 1.165) is 16.7 Å². The molecule has 0 unspecified atom stereocenters. The molecule has 0 fully saturated rings. The van der Waals surface area contributed by atoms with Gasteiger partial charge in [0, 0.05) is 11.1 Å². The zero-order valence-corrected chi connectivity index (χ0v) is 10.3. The molecule has 0 saturated heterocycles. The fourth-order valence-electron chi connectivity index (χ4n) is 2.09. The molecule has 0 bridgehead atoms. The van der Waals surface area contributed by atoms with Crippen LogP contribution in [0.2, 0.25) is 0 Å². The Morgan fingerprint density at radius 3 is 2.18 bits per heavy atom. The molecular weight excluding hydrogens is 212 g/mol. The van der Waals surface area contributed by atoms with Gasteiger partial charge < -0.3 is 10.2 Å². The van der Waals surface area contributed by atoms with Gasteiger partial charge in [-0.3, -0.25) is 0 Å². The molecule has 0 aliphatic carbocycles. The molecule has 0 aliphatic heterocycles. The van der Waals surface area contributed by atoms with E-state index in [9.17, 15) is 10.2 Å². The summed E-state index contributed by atoms with van der Waals surface area (Å²) in [5.41, 5.74) is 4.26. The fraction of sp³-hybridized carbons (Fsp3) is 0.200. The summed E-state index contributed by atoms with van der Waals surface area (Å²) in [6.45, 7) is 5.79. The number of hydrogen-bond donors (Lipinski definition) is 2. The molecule has 2 nitrogen and oxygen atoms in total. The highest BCUT2D eigenvalue weighted by molar-refractivity contribution is 5.79. The molecule has 0 saturated carbocycles. The Balaban J connectivity index is 2.77. The SMILES string of the molecule is Cc1cc(C)c(-c2ccccc2O)c(O)c1C. The Kier molecular flexibility index (Phi) is 2.80. The van der Waals surface area contributed by atoms with Crippen LogP contribution in [-0.4, -0.2) is 10.2 Å². The first-order valence-electron chi connectivity index (χ1n) is 5.60. The summed E-state index contributed by atoms with van der Waals surface area (Å²) in [6, 6.07) is 9.09. The minimum Gasteiger partial charge on any atom is -0.507 e. The smallest absolute Gasteiger partial charge is 0.126 e. The molecule has 2 aromatic carbocycles. The van der Waals surface area contributed by atoms with Gasteiger partial charge in [0.15, 0.2) is 0 Å². The molecule has 0 radical (unpaired) electrons. The highest BCUT2D eigenvalue weighted by atomic mass is 16.3. The Hall–Kier alpha value is -1.96. The van der Waals surface area contributed by atoms with Gasteiger partial charge >= 0.3 is 0 Å². The first kappa shape index (κ1) is 11.5. The molecule has 2 heteroatoms. The number of hydrogen-bond acceptors (Lipinski definition) is 2. The van der Waals surface area contributed by atoms with E-state index in [4.69, 9.17) is 0 Å². The van der Waals surface area contributed by atoms with Crippen molar-refractivity contribution >= 4 is 0 Å². The lowest BCUT2D eigenvalue weighted by Gasteiger charge is -2.14. The normalized spacial score (nSPS) is 10.5. The molecule has 0 aliphatic rings. The van der Waals surface area contributed by atoms with Gasteiger partial charge in [-0.25, -0.2) is 0 Å². The van der Waals surface area contributed by atoms with Crippen molar-refractivity contribution in [2.75, 3.05) is 0 Å². The number of rotatable bonds is 1. The third kappa shape index (κ3) is 1.86. The molecule has 0 aromatic heterocycles. The average Bonchev–Trinajstić information content (AvgIpc) is 2.29. The lowest BCUT2D eigenvalue weighted by molar-refractivity contribution is 0.466. The van der Waals surface area contributed by atoms with Crippen molar-refractivity contribution in [1.29, 1.82) is 0 Å². The zero-order valence-electron chi connectivity index (χ0n) is 10.3. The second-order valence-corrected chi connectivity index (χ2v) is 4.38. The van der Waals surface area contributed by atoms with E-state index < -0.39 is 0 Å². The maximum absolute atomic E-state index is 10.2. The predicted octanol–water partition coefficient (Wildman–Crippen LogP) is 3.69. The summed E-state index contributed by atoms with van der Waals surface area (Å²) < 4.78 is 0. The van der Waals surface area contributed by atoms with Crippen molar-refractivity contribution in [3.05, 3.63) is 47.0 Å². The average molecular weight is 228 g/mol. The minimum atomic E-state index is 0.189. The third-order valence-electron chi connectivity index (χ3n) is 3.18. The Morgan fingerprint density at radius 1 is 0.882 bits per heavy atom. The van der Waals surface area contributed by atoms with Crippen LogP contribution in [0.1, 0.15) is 16.7 Å². The first-order valence-corrected chi connectivity index (χ1v) is 5.60. The number of phenolic OH excluding ortho intramolecular Hbond substituents is 2. The van der Waals surface area contributed by atoms with Crippen molar-refractivity contribution in [3.63, 3.8) is 0 Å². The van der Waals surface area contributed by atoms with Crippen LogP contribution in [0.4, 0.5) is 0 Å². The van der Waals surface area contributed by atoms with E-state index in [2.05, 4.69) is 0 Å². The molecule has 0 atom stereocenters. The van der Waals surface area contributed by atoms with Gasteiger partial charge in [-0.05, 0) is 43.5 Å². The predicted molar refractivity (Wildman–Crippen MR) is 69.4 cm³/mol. The van der Waals surface area contributed by atoms with E-state index >= 15 is 0 Å². The maximum Gasteiger partial charge on any atom is 0.126 e. The summed E-state index contributed by atoms with van der Waals surface area (Å²) in [5, 5.41) is 20.1. The lowest BCUT2D eigenvalue weighted by atomic mass is 9.93. The first-order chi connectivity index (χ1) is 8.02. The lowest BCUT2D eigenvalue weighted by Crippen LogP contribution is -1.91. The molecule has 2 aromatic rings. The summed E-state index contributed by atoms with van der Waals surface area (Å²) in [5.74, 6) is 0.443. The van der Waals surface area contributed by atoms with Crippen molar-refractivity contribution in [1.82, 2.24) is 0 Å². The monoisotopic (exact) mass is 228 g/mol. The number of para-hydroxylation sites is 1.